The molecule has 1 aromatic carbocycles. The van der Waals surface area contributed by atoms with Gasteiger partial charge in [0.1, 0.15) is 11.6 Å². The minimum atomic E-state index is -0.409. The number of fused-ring (bicyclic) bond motifs is 1. The largest absolute Gasteiger partial charge is 0.243 e. The zero-order valence-corrected chi connectivity index (χ0v) is 9.35. The van der Waals surface area contributed by atoms with Crippen molar-refractivity contribution in [2.75, 3.05) is 0 Å². The Morgan fingerprint density at radius 1 is 1.11 bits per heavy atom. The minimum absolute atomic E-state index is 0.273. The monoisotopic (exact) mass is 245 g/mol. The van der Waals surface area contributed by atoms with Crippen molar-refractivity contribution in [1.29, 1.82) is 0 Å². The summed E-state index contributed by atoms with van der Waals surface area (Å²) in [6, 6.07) is 7.83. The van der Waals surface area contributed by atoms with Crippen molar-refractivity contribution in [2.45, 2.75) is 6.54 Å². The van der Waals surface area contributed by atoms with Crippen LogP contribution in [-0.4, -0.2) is 14.8 Å². The lowest BCUT2D eigenvalue weighted by Gasteiger charge is -2.04. The van der Waals surface area contributed by atoms with E-state index >= 15 is 0 Å². The molecule has 0 aliphatic rings. The van der Waals surface area contributed by atoms with Gasteiger partial charge in [-0.2, -0.15) is 5.10 Å². The van der Waals surface area contributed by atoms with Crippen molar-refractivity contribution in [3.05, 3.63) is 59.9 Å². The predicted molar refractivity (Wildman–Crippen MR) is 63.0 cm³/mol. The second-order valence-corrected chi connectivity index (χ2v) is 3.96. The highest BCUT2D eigenvalue weighted by Crippen LogP contribution is 2.15. The van der Waals surface area contributed by atoms with Crippen LogP contribution in [0, 0.1) is 11.6 Å². The molecule has 0 atom stereocenters. The second-order valence-electron chi connectivity index (χ2n) is 3.96. The molecule has 18 heavy (non-hydrogen) atoms. The van der Waals surface area contributed by atoms with E-state index in [0.717, 1.165) is 6.20 Å². The van der Waals surface area contributed by atoms with Gasteiger partial charge in [0.05, 0.1) is 18.9 Å². The van der Waals surface area contributed by atoms with E-state index in [2.05, 4.69) is 10.1 Å². The van der Waals surface area contributed by atoms with Gasteiger partial charge in [0.25, 0.3) is 0 Å². The molecule has 2 aromatic heterocycles. The molecule has 3 aromatic rings. The van der Waals surface area contributed by atoms with Gasteiger partial charge in [-0.05, 0) is 12.1 Å². The molecule has 3 rings (SSSR count). The molecule has 0 aliphatic heterocycles. The van der Waals surface area contributed by atoms with E-state index in [0.29, 0.717) is 16.6 Å². The lowest BCUT2D eigenvalue weighted by atomic mass is 10.2. The van der Waals surface area contributed by atoms with Gasteiger partial charge in [-0.1, -0.05) is 18.2 Å². The minimum Gasteiger partial charge on any atom is -0.243 e. The maximum atomic E-state index is 13.5. The normalized spacial score (nSPS) is 11.0. The summed E-state index contributed by atoms with van der Waals surface area (Å²) in [7, 11) is 0. The number of hydrogen-bond donors (Lipinski definition) is 0. The number of rotatable bonds is 2. The third kappa shape index (κ3) is 1.84. The Labute approximate surface area is 102 Å². The van der Waals surface area contributed by atoms with Crippen molar-refractivity contribution < 1.29 is 8.78 Å². The number of halogens is 2. The molecule has 90 valence electrons. The summed E-state index contributed by atoms with van der Waals surface area (Å²) in [5.41, 5.74) is 1.06. The molecule has 3 nitrogen and oxygen atoms in total. The Balaban J connectivity index is 2.03. The van der Waals surface area contributed by atoms with Crippen LogP contribution < -0.4 is 0 Å². The molecule has 0 fully saturated rings. The molecule has 0 bridgehead atoms. The van der Waals surface area contributed by atoms with Crippen LogP contribution in [0.1, 0.15) is 5.56 Å². The summed E-state index contributed by atoms with van der Waals surface area (Å²) in [5.74, 6) is -0.698. The highest BCUT2D eigenvalue weighted by atomic mass is 19.1. The molecule has 0 N–H and O–H groups in total. The number of benzene rings is 1. The standard InChI is InChI=1S/C13H9F2N3/c14-11-5-10-6-17-18(13(10)16-7-11)8-9-3-1-2-4-12(9)15/h1-7H,8H2. The van der Waals surface area contributed by atoms with Crippen LogP contribution in [0.25, 0.3) is 11.0 Å². The van der Waals surface area contributed by atoms with Crippen LogP contribution in [0.15, 0.2) is 42.7 Å². The van der Waals surface area contributed by atoms with Crippen LogP contribution in [0.2, 0.25) is 0 Å². The Hall–Kier alpha value is -2.30. The molecular formula is C13H9F2N3. The number of hydrogen-bond acceptors (Lipinski definition) is 2. The molecule has 2 heterocycles. The third-order valence-electron chi connectivity index (χ3n) is 2.72. The van der Waals surface area contributed by atoms with Gasteiger partial charge in [-0.3, -0.25) is 0 Å². The fraction of sp³-hybridized carbons (Fsp3) is 0.0769. The van der Waals surface area contributed by atoms with Gasteiger partial charge in [-0.25, -0.2) is 18.4 Å². The highest BCUT2D eigenvalue weighted by Gasteiger charge is 2.08. The summed E-state index contributed by atoms with van der Waals surface area (Å²) in [5, 5.41) is 4.70. The fourth-order valence-corrected chi connectivity index (χ4v) is 1.85. The quantitative estimate of drug-likeness (QED) is 0.695. The number of pyridine rings is 1. The first kappa shape index (κ1) is 10.8. The molecule has 0 saturated heterocycles. The zero-order valence-electron chi connectivity index (χ0n) is 9.35. The van der Waals surface area contributed by atoms with Crippen molar-refractivity contribution in [3.8, 4) is 0 Å². The van der Waals surface area contributed by atoms with Crippen molar-refractivity contribution in [1.82, 2.24) is 14.8 Å². The summed E-state index contributed by atoms with van der Waals surface area (Å²) in [4.78, 5) is 3.97. The summed E-state index contributed by atoms with van der Waals surface area (Å²) in [6.45, 7) is 0.273. The third-order valence-corrected chi connectivity index (χ3v) is 2.72. The Kier molecular flexibility index (Phi) is 2.51. The average molecular weight is 245 g/mol. The van der Waals surface area contributed by atoms with E-state index in [9.17, 15) is 8.78 Å². The topological polar surface area (TPSA) is 30.7 Å². The van der Waals surface area contributed by atoms with E-state index in [1.807, 2.05) is 0 Å². The van der Waals surface area contributed by atoms with Crippen LogP contribution in [-0.2, 0) is 6.54 Å². The van der Waals surface area contributed by atoms with Crippen LogP contribution >= 0.6 is 0 Å². The fourth-order valence-electron chi connectivity index (χ4n) is 1.85. The maximum Gasteiger partial charge on any atom is 0.158 e. The Morgan fingerprint density at radius 3 is 2.78 bits per heavy atom. The summed E-state index contributed by atoms with van der Waals surface area (Å²) >= 11 is 0. The van der Waals surface area contributed by atoms with E-state index in [-0.39, 0.29) is 12.4 Å². The molecule has 0 spiro atoms. The van der Waals surface area contributed by atoms with Gasteiger partial charge in [0.15, 0.2) is 5.65 Å². The van der Waals surface area contributed by atoms with E-state index in [1.165, 1.54) is 18.3 Å². The average Bonchev–Trinajstić information content (AvgIpc) is 2.74. The highest BCUT2D eigenvalue weighted by molar-refractivity contribution is 5.74. The van der Waals surface area contributed by atoms with E-state index < -0.39 is 5.82 Å². The van der Waals surface area contributed by atoms with E-state index in [1.54, 1.807) is 22.9 Å². The molecule has 0 saturated carbocycles. The van der Waals surface area contributed by atoms with Crippen molar-refractivity contribution in [2.24, 2.45) is 0 Å². The van der Waals surface area contributed by atoms with Crippen LogP contribution in [0.3, 0.4) is 0 Å². The molecular weight excluding hydrogens is 236 g/mol. The summed E-state index contributed by atoms with van der Waals surface area (Å²) < 4.78 is 28.1. The maximum absolute atomic E-state index is 13.5. The first-order valence-corrected chi connectivity index (χ1v) is 5.44. The molecule has 0 unspecified atom stereocenters. The molecule has 0 aliphatic carbocycles. The Morgan fingerprint density at radius 2 is 1.94 bits per heavy atom. The lowest BCUT2D eigenvalue weighted by Crippen LogP contribution is -2.04. The first-order valence-electron chi connectivity index (χ1n) is 5.44. The summed E-state index contributed by atoms with van der Waals surface area (Å²) in [6.07, 6.45) is 2.65. The van der Waals surface area contributed by atoms with Crippen LogP contribution in [0.4, 0.5) is 8.78 Å². The Bertz CT molecular complexity index is 706. The van der Waals surface area contributed by atoms with Crippen molar-refractivity contribution >= 4 is 11.0 Å². The number of nitrogens with zero attached hydrogens (tertiary/aromatic N) is 3. The zero-order chi connectivity index (χ0) is 12.5. The van der Waals surface area contributed by atoms with Gasteiger partial charge in [0, 0.05) is 10.9 Å². The molecule has 0 radical (unpaired) electrons. The second kappa shape index (κ2) is 4.18. The van der Waals surface area contributed by atoms with Gasteiger partial charge in [-0.15, -0.1) is 0 Å². The van der Waals surface area contributed by atoms with Crippen LogP contribution in [0.5, 0.6) is 0 Å². The SMILES string of the molecule is Fc1cnc2c(cnn2Cc2ccccc2F)c1. The van der Waals surface area contributed by atoms with Crippen molar-refractivity contribution in [3.63, 3.8) is 0 Å². The van der Waals surface area contributed by atoms with Gasteiger partial charge in [0.2, 0.25) is 0 Å². The van der Waals surface area contributed by atoms with E-state index in [4.69, 9.17) is 0 Å². The molecule has 0 amide bonds. The smallest absolute Gasteiger partial charge is 0.158 e. The molecule has 5 heteroatoms. The number of aromatic nitrogens is 3. The predicted octanol–water partition coefficient (Wildman–Crippen LogP) is 2.76. The lowest BCUT2D eigenvalue weighted by molar-refractivity contribution is 0.588. The van der Waals surface area contributed by atoms with Gasteiger partial charge < -0.3 is 0 Å². The first-order chi connectivity index (χ1) is 8.74. The van der Waals surface area contributed by atoms with Gasteiger partial charge >= 0.3 is 0 Å².